The summed E-state index contributed by atoms with van der Waals surface area (Å²) >= 11 is 6.14. The standard InChI is InChI=1S/C33H36ClN3O3S/c34-25-7-9-28-22(13-25)14-29(40-28)32(38)36-33-16-19-10-23(17-33)31(24(11-19)18-33)20-6-8-27-21(12-20)15-30(35-27)41(39)37-26-4-2-1-3-5-26/h6-9,12-15,19,23-24,26,31,35,37H,1-5,10-11,16-18H2,(H,36,38). The molecule has 0 aliphatic heterocycles. The summed E-state index contributed by atoms with van der Waals surface area (Å²) in [5.74, 6) is 2.50. The minimum Gasteiger partial charge on any atom is -0.451 e. The summed E-state index contributed by atoms with van der Waals surface area (Å²) in [5.41, 5.74) is 2.95. The predicted molar refractivity (Wildman–Crippen MR) is 162 cm³/mol. The maximum absolute atomic E-state index is 13.4. The average Bonchev–Trinajstić information content (AvgIpc) is 3.57. The van der Waals surface area contributed by atoms with Gasteiger partial charge in [0, 0.05) is 32.9 Å². The van der Waals surface area contributed by atoms with E-state index in [1.165, 1.54) is 37.7 Å². The molecule has 5 saturated carbocycles. The van der Waals surface area contributed by atoms with E-state index in [1.807, 2.05) is 12.1 Å². The summed E-state index contributed by atoms with van der Waals surface area (Å²) < 4.78 is 22.3. The van der Waals surface area contributed by atoms with Gasteiger partial charge in [-0.1, -0.05) is 36.9 Å². The van der Waals surface area contributed by atoms with Gasteiger partial charge in [0.15, 0.2) is 5.76 Å². The smallest absolute Gasteiger partial charge is 0.287 e. The van der Waals surface area contributed by atoms with Crippen molar-refractivity contribution in [1.29, 1.82) is 0 Å². The number of nitrogens with one attached hydrogen (secondary N) is 3. The topological polar surface area (TPSA) is 87.1 Å². The molecule has 9 rings (SSSR count). The maximum Gasteiger partial charge on any atom is 0.287 e. The highest BCUT2D eigenvalue weighted by atomic mass is 35.5. The molecule has 1 amide bonds. The molecule has 2 aromatic heterocycles. The van der Waals surface area contributed by atoms with Gasteiger partial charge in [-0.15, -0.1) is 0 Å². The van der Waals surface area contributed by atoms with Crippen molar-refractivity contribution in [2.24, 2.45) is 17.8 Å². The predicted octanol–water partition coefficient (Wildman–Crippen LogP) is 7.60. The number of benzene rings is 2. The van der Waals surface area contributed by atoms with Crippen LogP contribution in [-0.2, 0) is 11.0 Å². The van der Waals surface area contributed by atoms with Crippen LogP contribution in [0.15, 0.2) is 58.0 Å². The van der Waals surface area contributed by atoms with E-state index in [9.17, 15) is 9.00 Å². The van der Waals surface area contributed by atoms with Gasteiger partial charge in [0.2, 0.25) is 0 Å². The zero-order chi connectivity index (χ0) is 27.7. The minimum absolute atomic E-state index is 0.119. The van der Waals surface area contributed by atoms with E-state index in [4.69, 9.17) is 16.0 Å². The molecule has 4 aromatic rings. The van der Waals surface area contributed by atoms with Gasteiger partial charge in [-0.25, -0.2) is 8.93 Å². The Kier molecular flexibility index (Phi) is 6.35. The number of amides is 1. The van der Waals surface area contributed by atoms with E-state index in [0.29, 0.717) is 46.1 Å². The first-order valence-corrected chi connectivity index (χ1v) is 16.8. The van der Waals surface area contributed by atoms with Crippen LogP contribution in [-0.4, -0.2) is 26.7 Å². The van der Waals surface area contributed by atoms with E-state index in [1.54, 1.807) is 12.1 Å². The van der Waals surface area contributed by atoms with E-state index < -0.39 is 11.0 Å². The van der Waals surface area contributed by atoms with Crippen LogP contribution in [0, 0.1) is 17.8 Å². The van der Waals surface area contributed by atoms with Crippen LogP contribution in [0.5, 0.6) is 0 Å². The molecule has 4 bridgehead atoms. The number of hydrogen-bond donors (Lipinski definition) is 3. The van der Waals surface area contributed by atoms with E-state index >= 15 is 0 Å². The molecule has 0 saturated heterocycles. The summed E-state index contributed by atoms with van der Waals surface area (Å²) in [6.45, 7) is 0. The van der Waals surface area contributed by atoms with Crippen LogP contribution in [0.3, 0.4) is 0 Å². The SMILES string of the molecule is O=C(NC12CC3CC(C1)C(c1ccc4[nH]c(S(=O)NC5CCCCC5)cc4c1)C(C3)C2)c1cc2cc(Cl)ccc2o1. The second kappa shape index (κ2) is 9.99. The molecule has 0 radical (unpaired) electrons. The summed E-state index contributed by atoms with van der Waals surface area (Å²) in [4.78, 5) is 16.8. The third-order valence-electron chi connectivity index (χ3n) is 10.4. The number of H-pyrrole nitrogens is 1. The first kappa shape index (κ1) is 26.1. The number of halogens is 1. The van der Waals surface area contributed by atoms with Crippen LogP contribution in [0.1, 0.15) is 86.2 Å². The van der Waals surface area contributed by atoms with Crippen molar-refractivity contribution in [2.75, 3.05) is 0 Å². The van der Waals surface area contributed by atoms with Crippen LogP contribution in [0.25, 0.3) is 21.9 Å². The van der Waals surface area contributed by atoms with Crippen molar-refractivity contribution in [3.8, 4) is 0 Å². The van der Waals surface area contributed by atoms with Gasteiger partial charge in [-0.05, 0) is 117 Å². The van der Waals surface area contributed by atoms with E-state index in [-0.39, 0.29) is 11.4 Å². The Morgan fingerprint density at radius 3 is 2.56 bits per heavy atom. The lowest BCUT2D eigenvalue weighted by atomic mass is 9.48. The Morgan fingerprint density at radius 2 is 1.76 bits per heavy atom. The number of carbonyl (C=O) groups is 1. The Bertz CT molecular complexity index is 1650. The van der Waals surface area contributed by atoms with Crippen molar-refractivity contribution in [1.82, 2.24) is 15.0 Å². The van der Waals surface area contributed by atoms with Crippen molar-refractivity contribution in [3.63, 3.8) is 0 Å². The molecule has 41 heavy (non-hydrogen) atoms. The van der Waals surface area contributed by atoms with Gasteiger partial charge in [0.1, 0.15) is 21.6 Å². The first-order chi connectivity index (χ1) is 19.9. The van der Waals surface area contributed by atoms with Crippen molar-refractivity contribution in [3.05, 3.63) is 64.9 Å². The fraction of sp³-hybridized carbons (Fsp3) is 0.485. The number of aromatic nitrogens is 1. The van der Waals surface area contributed by atoms with E-state index in [0.717, 1.165) is 53.4 Å². The number of aromatic amines is 1. The normalized spacial score (nSPS) is 30.3. The van der Waals surface area contributed by atoms with Gasteiger partial charge in [-0.3, -0.25) is 4.79 Å². The van der Waals surface area contributed by atoms with Crippen LogP contribution in [0.4, 0.5) is 0 Å². The first-order valence-electron chi connectivity index (χ1n) is 15.2. The lowest BCUT2D eigenvalue weighted by Crippen LogP contribution is -2.61. The molecule has 8 heteroatoms. The fourth-order valence-electron chi connectivity index (χ4n) is 9.02. The molecular formula is C33H36ClN3O3S. The number of rotatable bonds is 6. The monoisotopic (exact) mass is 589 g/mol. The number of fused-ring (bicyclic) bond motifs is 2. The molecular weight excluding hydrogens is 554 g/mol. The van der Waals surface area contributed by atoms with Crippen molar-refractivity contribution >= 4 is 50.4 Å². The van der Waals surface area contributed by atoms with Gasteiger partial charge in [0.25, 0.3) is 5.91 Å². The molecule has 0 spiro atoms. The minimum atomic E-state index is -1.22. The molecule has 3 N–H and O–H groups in total. The fourth-order valence-corrected chi connectivity index (χ4v) is 10.3. The molecule has 3 atom stereocenters. The lowest BCUT2D eigenvalue weighted by Gasteiger charge is -2.60. The highest BCUT2D eigenvalue weighted by Gasteiger charge is 2.56. The lowest BCUT2D eigenvalue weighted by molar-refractivity contribution is -0.0351. The quantitative estimate of drug-likeness (QED) is 0.216. The van der Waals surface area contributed by atoms with Crippen LogP contribution < -0.4 is 10.0 Å². The molecule has 5 aliphatic rings. The summed E-state index contributed by atoms with van der Waals surface area (Å²) in [5, 5.41) is 6.85. The van der Waals surface area contributed by atoms with Crippen molar-refractivity contribution in [2.45, 2.75) is 86.7 Å². The summed E-state index contributed by atoms with van der Waals surface area (Å²) in [7, 11) is -1.22. The zero-order valence-electron chi connectivity index (χ0n) is 23.1. The number of carbonyl (C=O) groups excluding carboxylic acids is 1. The molecule has 2 aromatic carbocycles. The van der Waals surface area contributed by atoms with Gasteiger partial charge in [0.05, 0.1) is 0 Å². The molecule has 3 unspecified atom stereocenters. The number of hydrogen-bond acceptors (Lipinski definition) is 3. The Morgan fingerprint density at radius 1 is 0.951 bits per heavy atom. The zero-order valence-corrected chi connectivity index (χ0v) is 24.7. The second-order valence-corrected chi connectivity index (χ2v) is 14.9. The van der Waals surface area contributed by atoms with Gasteiger partial charge < -0.3 is 14.7 Å². The average molecular weight is 590 g/mol. The Hall–Kier alpha value is -2.61. The van der Waals surface area contributed by atoms with E-state index in [2.05, 4.69) is 39.3 Å². The largest absolute Gasteiger partial charge is 0.451 e. The molecule has 5 aliphatic carbocycles. The van der Waals surface area contributed by atoms with Crippen LogP contribution in [0.2, 0.25) is 5.02 Å². The molecule has 6 nitrogen and oxygen atoms in total. The Balaban J connectivity index is 1.00. The molecule has 2 heterocycles. The van der Waals surface area contributed by atoms with Gasteiger partial charge >= 0.3 is 0 Å². The molecule has 214 valence electrons. The summed E-state index contributed by atoms with van der Waals surface area (Å²) in [6.07, 6.45) is 11.5. The number of furan rings is 1. The molecule has 5 fully saturated rings. The summed E-state index contributed by atoms with van der Waals surface area (Å²) in [6, 6.07) is 16.4. The Labute approximate surface area is 247 Å². The van der Waals surface area contributed by atoms with Crippen molar-refractivity contribution < 1.29 is 13.4 Å². The maximum atomic E-state index is 13.4. The highest BCUT2D eigenvalue weighted by molar-refractivity contribution is 7.83. The third kappa shape index (κ3) is 4.74. The third-order valence-corrected chi connectivity index (χ3v) is 11.8. The van der Waals surface area contributed by atoms with Crippen LogP contribution >= 0.6 is 11.6 Å². The van der Waals surface area contributed by atoms with Gasteiger partial charge in [-0.2, -0.15) is 0 Å². The second-order valence-electron chi connectivity index (χ2n) is 13.2. The highest BCUT2D eigenvalue weighted by Crippen LogP contribution is 2.61.